The van der Waals surface area contributed by atoms with Gasteiger partial charge >= 0.3 is 0 Å². The monoisotopic (exact) mass is 155 g/mol. The topological polar surface area (TPSA) is 21.3 Å². The first-order valence-corrected chi connectivity index (χ1v) is 4.75. The van der Waals surface area contributed by atoms with E-state index in [0.29, 0.717) is 0 Å². The van der Waals surface area contributed by atoms with Crippen molar-refractivity contribution in [3.05, 3.63) is 0 Å². The van der Waals surface area contributed by atoms with Crippen LogP contribution in [0.25, 0.3) is 0 Å². The Morgan fingerprint density at radius 1 is 1.18 bits per heavy atom. The lowest BCUT2D eigenvalue weighted by molar-refractivity contribution is 0.164. The maximum atomic E-state index is 5.38. The molecule has 2 fully saturated rings. The number of hydrogen-bond acceptors (Lipinski definition) is 2. The van der Waals surface area contributed by atoms with Crippen LogP contribution in [0.3, 0.4) is 0 Å². The van der Waals surface area contributed by atoms with Gasteiger partial charge in [0.05, 0.1) is 0 Å². The molecule has 1 N–H and O–H groups in total. The van der Waals surface area contributed by atoms with Gasteiger partial charge < -0.3 is 10.1 Å². The van der Waals surface area contributed by atoms with Gasteiger partial charge in [-0.15, -0.1) is 0 Å². The van der Waals surface area contributed by atoms with Crippen molar-refractivity contribution in [1.29, 1.82) is 0 Å². The normalized spacial score (nSPS) is 39.3. The summed E-state index contributed by atoms with van der Waals surface area (Å²) in [6.07, 6.45) is 4.08. The molecule has 2 nitrogen and oxygen atoms in total. The largest absolute Gasteiger partial charge is 0.381 e. The van der Waals surface area contributed by atoms with Gasteiger partial charge in [-0.1, -0.05) is 0 Å². The van der Waals surface area contributed by atoms with Crippen molar-refractivity contribution in [3.8, 4) is 0 Å². The van der Waals surface area contributed by atoms with Gasteiger partial charge in [0.25, 0.3) is 0 Å². The van der Waals surface area contributed by atoms with E-state index < -0.39 is 0 Å². The Hall–Kier alpha value is -0.0800. The molecule has 2 atom stereocenters. The summed E-state index contributed by atoms with van der Waals surface area (Å²) in [5.74, 6) is 1.77. The average Bonchev–Trinajstić information content (AvgIpc) is 2.58. The summed E-state index contributed by atoms with van der Waals surface area (Å²) in [7, 11) is 0. The summed E-state index contributed by atoms with van der Waals surface area (Å²) in [5.41, 5.74) is 0. The zero-order valence-electron chi connectivity index (χ0n) is 7.01. The Bertz CT molecular complexity index is 115. The summed E-state index contributed by atoms with van der Waals surface area (Å²) in [6, 6.07) is 0. The van der Waals surface area contributed by atoms with E-state index in [9.17, 15) is 0 Å². The molecule has 2 heteroatoms. The highest BCUT2D eigenvalue weighted by Crippen LogP contribution is 2.26. The minimum Gasteiger partial charge on any atom is -0.381 e. The molecule has 2 heterocycles. The molecule has 11 heavy (non-hydrogen) atoms. The van der Waals surface area contributed by atoms with Crippen molar-refractivity contribution >= 4 is 0 Å². The van der Waals surface area contributed by atoms with E-state index in [2.05, 4.69) is 5.32 Å². The van der Waals surface area contributed by atoms with Crippen LogP contribution >= 0.6 is 0 Å². The van der Waals surface area contributed by atoms with Gasteiger partial charge in [-0.3, -0.25) is 0 Å². The van der Waals surface area contributed by atoms with Crippen LogP contribution in [0.4, 0.5) is 0 Å². The molecule has 0 aromatic rings. The van der Waals surface area contributed by atoms with Crippen molar-refractivity contribution < 1.29 is 4.74 Å². The molecule has 0 amide bonds. The molecule has 2 aliphatic heterocycles. The maximum absolute atomic E-state index is 5.38. The molecule has 64 valence electrons. The Kier molecular flexibility index (Phi) is 2.44. The molecule has 0 aliphatic carbocycles. The highest BCUT2D eigenvalue weighted by molar-refractivity contribution is 4.78. The van der Waals surface area contributed by atoms with E-state index in [0.717, 1.165) is 25.0 Å². The predicted octanol–water partition coefficient (Wildman–Crippen LogP) is 1.02. The zero-order chi connectivity index (χ0) is 7.52. The van der Waals surface area contributed by atoms with Crippen LogP contribution in [0, 0.1) is 11.8 Å². The highest BCUT2D eigenvalue weighted by Gasteiger charge is 2.26. The van der Waals surface area contributed by atoms with E-state index >= 15 is 0 Å². The number of rotatable bonds is 1. The fourth-order valence-electron chi connectivity index (χ4n) is 2.21. The average molecular weight is 155 g/mol. The zero-order valence-corrected chi connectivity index (χ0v) is 7.01. The van der Waals surface area contributed by atoms with Gasteiger partial charge in [-0.25, -0.2) is 0 Å². The van der Waals surface area contributed by atoms with Gasteiger partial charge in [0.1, 0.15) is 0 Å². The molecule has 0 bridgehead atoms. The van der Waals surface area contributed by atoms with Crippen molar-refractivity contribution in [2.75, 3.05) is 26.3 Å². The van der Waals surface area contributed by atoms with Crippen molar-refractivity contribution in [2.45, 2.75) is 19.3 Å². The second kappa shape index (κ2) is 3.55. The van der Waals surface area contributed by atoms with Gasteiger partial charge in [-0.2, -0.15) is 0 Å². The summed E-state index contributed by atoms with van der Waals surface area (Å²) in [5, 5.41) is 3.46. The first-order valence-electron chi connectivity index (χ1n) is 4.75. The van der Waals surface area contributed by atoms with Crippen molar-refractivity contribution in [1.82, 2.24) is 5.32 Å². The fourth-order valence-corrected chi connectivity index (χ4v) is 2.21. The Balaban J connectivity index is 1.82. The van der Waals surface area contributed by atoms with E-state index in [1.165, 1.54) is 32.4 Å². The fraction of sp³-hybridized carbons (Fsp3) is 1.00. The first-order chi connectivity index (χ1) is 5.47. The molecule has 2 rings (SSSR count). The molecule has 0 spiro atoms. The lowest BCUT2D eigenvalue weighted by atomic mass is 9.86. The number of hydrogen-bond donors (Lipinski definition) is 1. The van der Waals surface area contributed by atoms with E-state index in [-0.39, 0.29) is 0 Å². The third-order valence-electron chi connectivity index (χ3n) is 2.97. The van der Waals surface area contributed by atoms with Gasteiger partial charge in [0.2, 0.25) is 0 Å². The van der Waals surface area contributed by atoms with Crippen LogP contribution < -0.4 is 5.32 Å². The molecule has 0 radical (unpaired) electrons. The van der Waals surface area contributed by atoms with Gasteiger partial charge in [0, 0.05) is 13.2 Å². The third-order valence-corrected chi connectivity index (χ3v) is 2.97. The Morgan fingerprint density at radius 2 is 2.18 bits per heavy atom. The predicted molar refractivity (Wildman–Crippen MR) is 44.5 cm³/mol. The maximum Gasteiger partial charge on any atom is 0.0498 e. The Labute approximate surface area is 68.3 Å². The van der Waals surface area contributed by atoms with Crippen LogP contribution in [-0.4, -0.2) is 26.3 Å². The summed E-state index contributed by atoms with van der Waals surface area (Å²) < 4.78 is 5.38. The first kappa shape index (κ1) is 7.56. The van der Waals surface area contributed by atoms with E-state index in [1.807, 2.05) is 0 Å². The highest BCUT2D eigenvalue weighted by atomic mass is 16.5. The Morgan fingerprint density at radius 3 is 2.82 bits per heavy atom. The number of ether oxygens (including phenoxy) is 1. The quantitative estimate of drug-likeness (QED) is 0.610. The SMILES string of the molecule is C1CNC[C@H]([C@@H]2CCOC2)C1. The van der Waals surface area contributed by atoms with Gasteiger partial charge in [-0.05, 0) is 44.2 Å². The second-order valence-electron chi connectivity index (χ2n) is 3.73. The van der Waals surface area contributed by atoms with Crippen LogP contribution in [0.1, 0.15) is 19.3 Å². The van der Waals surface area contributed by atoms with Gasteiger partial charge in [0.15, 0.2) is 0 Å². The molecule has 0 aromatic carbocycles. The van der Waals surface area contributed by atoms with Crippen LogP contribution in [0.15, 0.2) is 0 Å². The molecule has 2 aliphatic rings. The number of piperidine rings is 1. The van der Waals surface area contributed by atoms with Crippen LogP contribution in [0.5, 0.6) is 0 Å². The lowest BCUT2D eigenvalue weighted by Crippen LogP contribution is -2.34. The summed E-state index contributed by atoms with van der Waals surface area (Å²) in [6.45, 7) is 4.48. The number of nitrogens with one attached hydrogen (secondary N) is 1. The molecule has 2 saturated heterocycles. The minimum absolute atomic E-state index is 0.864. The third kappa shape index (κ3) is 1.74. The lowest BCUT2D eigenvalue weighted by Gasteiger charge is -2.26. The molecule has 0 unspecified atom stereocenters. The molecule has 0 aromatic heterocycles. The van der Waals surface area contributed by atoms with Crippen LogP contribution in [0.2, 0.25) is 0 Å². The molecule has 0 saturated carbocycles. The minimum atomic E-state index is 0.864. The van der Waals surface area contributed by atoms with E-state index in [4.69, 9.17) is 4.74 Å². The van der Waals surface area contributed by atoms with E-state index in [1.54, 1.807) is 0 Å². The second-order valence-corrected chi connectivity index (χ2v) is 3.73. The molecular formula is C9H17NO. The summed E-state index contributed by atoms with van der Waals surface area (Å²) >= 11 is 0. The van der Waals surface area contributed by atoms with Crippen molar-refractivity contribution in [3.63, 3.8) is 0 Å². The van der Waals surface area contributed by atoms with Crippen LogP contribution in [-0.2, 0) is 4.74 Å². The standard InChI is InChI=1S/C9H17NO/c1-2-8(6-10-4-1)9-3-5-11-7-9/h8-10H,1-7H2/t8-,9-/m1/s1. The smallest absolute Gasteiger partial charge is 0.0498 e. The summed E-state index contributed by atoms with van der Waals surface area (Å²) in [4.78, 5) is 0. The molecular weight excluding hydrogens is 138 g/mol. The van der Waals surface area contributed by atoms with Crippen molar-refractivity contribution in [2.24, 2.45) is 11.8 Å².